The highest BCUT2D eigenvalue weighted by molar-refractivity contribution is 7.99. The van der Waals surface area contributed by atoms with Crippen molar-refractivity contribution in [1.82, 2.24) is 4.98 Å². The summed E-state index contributed by atoms with van der Waals surface area (Å²) in [6.07, 6.45) is 0. The van der Waals surface area contributed by atoms with Gasteiger partial charge in [0.15, 0.2) is 0 Å². The molecule has 2 heterocycles. The second kappa shape index (κ2) is 4.74. The van der Waals surface area contributed by atoms with Gasteiger partial charge in [-0.1, -0.05) is 6.07 Å². The van der Waals surface area contributed by atoms with Crippen molar-refractivity contribution < 1.29 is 0 Å². The van der Waals surface area contributed by atoms with Gasteiger partial charge in [0.05, 0.1) is 0 Å². The second-order valence-corrected chi connectivity index (χ2v) is 5.06. The zero-order valence-corrected chi connectivity index (χ0v) is 10.1. The number of pyridine rings is 1. The summed E-state index contributed by atoms with van der Waals surface area (Å²) in [5.74, 6) is 3.23. The van der Waals surface area contributed by atoms with Gasteiger partial charge in [-0.25, -0.2) is 4.98 Å². The maximum atomic E-state index is 7.39. The molecule has 1 saturated heterocycles. The SMILES string of the molecule is CC1CSCCN1c1cccc(C(=N)N)n1. The fraction of sp³-hybridized carbons (Fsp3) is 0.455. The lowest BCUT2D eigenvalue weighted by atomic mass is 10.2. The molecule has 0 amide bonds. The molecule has 1 aliphatic heterocycles. The summed E-state index contributed by atoms with van der Waals surface area (Å²) in [5, 5.41) is 7.39. The minimum Gasteiger partial charge on any atom is -0.382 e. The summed E-state index contributed by atoms with van der Waals surface area (Å²) in [6.45, 7) is 3.22. The zero-order valence-electron chi connectivity index (χ0n) is 9.31. The molecule has 0 saturated carbocycles. The molecule has 1 atom stereocenters. The standard InChI is InChI=1S/C11H16N4S/c1-8-7-16-6-5-15(8)10-4-2-3-9(14-10)11(12)13/h2-4,8H,5-7H2,1H3,(H3,12,13). The fourth-order valence-electron chi connectivity index (χ4n) is 1.80. The van der Waals surface area contributed by atoms with Crippen LogP contribution >= 0.6 is 11.8 Å². The maximum absolute atomic E-state index is 7.39. The molecule has 0 aliphatic carbocycles. The molecule has 4 nitrogen and oxygen atoms in total. The number of aromatic nitrogens is 1. The molecule has 1 aromatic rings. The van der Waals surface area contributed by atoms with Crippen molar-refractivity contribution in [2.45, 2.75) is 13.0 Å². The average molecular weight is 236 g/mol. The van der Waals surface area contributed by atoms with Crippen LogP contribution in [0.3, 0.4) is 0 Å². The lowest BCUT2D eigenvalue weighted by Gasteiger charge is -2.34. The van der Waals surface area contributed by atoms with Gasteiger partial charge in [-0.15, -0.1) is 0 Å². The fourth-order valence-corrected chi connectivity index (χ4v) is 2.81. The van der Waals surface area contributed by atoms with Crippen LogP contribution in [0, 0.1) is 5.41 Å². The van der Waals surface area contributed by atoms with Crippen molar-refractivity contribution in [1.29, 1.82) is 5.41 Å². The van der Waals surface area contributed by atoms with Crippen LogP contribution in [0.5, 0.6) is 0 Å². The van der Waals surface area contributed by atoms with E-state index in [0.717, 1.165) is 23.9 Å². The largest absolute Gasteiger partial charge is 0.382 e. The summed E-state index contributed by atoms with van der Waals surface area (Å²) in [6, 6.07) is 6.16. The van der Waals surface area contributed by atoms with E-state index in [0.29, 0.717) is 11.7 Å². The second-order valence-electron chi connectivity index (χ2n) is 3.91. The maximum Gasteiger partial charge on any atom is 0.141 e. The average Bonchev–Trinajstić information content (AvgIpc) is 2.30. The Bertz CT molecular complexity index is 393. The van der Waals surface area contributed by atoms with Crippen LogP contribution in [-0.2, 0) is 0 Å². The third-order valence-electron chi connectivity index (χ3n) is 2.67. The van der Waals surface area contributed by atoms with E-state index in [1.165, 1.54) is 0 Å². The van der Waals surface area contributed by atoms with Gasteiger partial charge in [-0.05, 0) is 19.1 Å². The molecule has 86 valence electrons. The monoisotopic (exact) mass is 236 g/mol. The number of thioether (sulfide) groups is 1. The van der Waals surface area contributed by atoms with Crippen LogP contribution in [0.1, 0.15) is 12.6 Å². The smallest absolute Gasteiger partial charge is 0.141 e. The Labute approximate surface area is 99.7 Å². The summed E-state index contributed by atoms with van der Waals surface area (Å²) < 4.78 is 0. The predicted octanol–water partition coefficient (Wildman–Crippen LogP) is 1.31. The Balaban J connectivity index is 2.25. The van der Waals surface area contributed by atoms with E-state index in [4.69, 9.17) is 11.1 Å². The Morgan fingerprint density at radius 2 is 2.44 bits per heavy atom. The first-order valence-corrected chi connectivity index (χ1v) is 6.50. The van der Waals surface area contributed by atoms with Crippen molar-refractivity contribution in [3.8, 4) is 0 Å². The minimum absolute atomic E-state index is 0.0286. The normalized spacial score (nSPS) is 20.8. The van der Waals surface area contributed by atoms with E-state index in [1.807, 2.05) is 23.9 Å². The number of hydrogen-bond donors (Lipinski definition) is 2. The topological polar surface area (TPSA) is 66.0 Å². The van der Waals surface area contributed by atoms with Gasteiger partial charge in [-0.2, -0.15) is 11.8 Å². The molecule has 0 aromatic carbocycles. The minimum atomic E-state index is 0.0286. The quantitative estimate of drug-likeness (QED) is 0.600. The molecule has 2 rings (SSSR count). The predicted molar refractivity (Wildman–Crippen MR) is 69.4 cm³/mol. The molecule has 1 aliphatic rings. The van der Waals surface area contributed by atoms with E-state index in [-0.39, 0.29) is 5.84 Å². The first-order chi connectivity index (χ1) is 7.68. The van der Waals surface area contributed by atoms with Crippen LogP contribution < -0.4 is 10.6 Å². The number of nitrogens with two attached hydrogens (primary N) is 1. The van der Waals surface area contributed by atoms with Gasteiger partial charge in [-0.3, -0.25) is 5.41 Å². The molecule has 0 radical (unpaired) electrons. The third kappa shape index (κ3) is 2.29. The van der Waals surface area contributed by atoms with Crippen LogP contribution in [0.2, 0.25) is 0 Å². The third-order valence-corrected chi connectivity index (χ3v) is 3.86. The highest BCUT2D eigenvalue weighted by atomic mass is 32.2. The number of nitrogen functional groups attached to an aromatic ring is 1. The number of hydrogen-bond acceptors (Lipinski definition) is 4. The summed E-state index contributed by atoms with van der Waals surface area (Å²) in [7, 11) is 0. The Morgan fingerprint density at radius 1 is 1.62 bits per heavy atom. The van der Waals surface area contributed by atoms with Gasteiger partial charge < -0.3 is 10.6 Å². The van der Waals surface area contributed by atoms with Crippen molar-refractivity contribution in [2.75, 3.05) is 23.0 Å². The van der Waals surface area contributed by atoms with Crippen molar-refractivity contribution in [3.63, 3.8) is 0 Å². The molecular formula is C11H16N4S. The molecular weight excluding hydrogens is 220 g/mol. The van der Waals surface area contributed by atoms with Crippen LogP contribution in [-0.4, -0.2) is 34.9 Å². The summed E-state index contributed by atoms with van der Waals surface area (Å²) >= 11 is 1.98. The number of amidine groups is 1. The Hall–Kier alpha value is -1.23. The van der Waals surface area contributed by atoms with Crippen LogP contribution in [0.4, 0.5) is 5.82 Å². The Kier molecular flexibility index (Phi) is 3.33. The molecule has 16 heavy (non-hydrogen) atoms. The van der Waals surface area contributed by atoms with Crippen molar-refractivity contribution in [3.05, 3.63) is 23.9 Å². The molecule has 1 aromatic heterocycles. The molecule has 1 fully saturated rings. The number of anilines is 1. The summed E-state index contributed by atoms with van der Waals surface area (Å²) in [5.41, 5.74) is 6.00. The first kappa shape index (κ1) is 11.3. The van der Waals surface area contributed by atoms with E-state index in [1.54, 1.807) is 6.07 Å². The van der Waals surface area contributed by atoms with E-state index in [2.05, 4.69) is 16.8 Å². The summed E-state index contributed by atoms with van der Waals surface area (Å²) in [4.78, 5) is 6.69. The van der Waals surface area contributed by atoms with Crippen molar-refractivity contribution in [2.24, 2.45) is 5.73 Å². The van der Waals surface area contributed by atoms with Gasteiger partial charge >= 0.3 is 0 Å². The highest BCUT2D eigenvalue weighted by Crippen LogP contribution is 2.22. The zero-order chi connectivity index (χ0) is 11.5. The lowest BCUT2D eigenvalue weighted by Crippen LogP contribution is -2.41. The van der Waals surface area contributed by atoms with Crippen LogP contribution in [0.25, 0.3) is 0 Å². The van der Waals surface area contributed by atoms with Crippen LogP contribution in [0.15, 0.2) is 18.2 Å². The number of nitrogens with one attached hydrogen (secondary N) is 1. The van der Waals surface area contributed by atoms with E-state index < -0.39 is 0 Å². The number of rotatable bonds is 2. The first-order valence-electron chi connectivity index (χ1n) is 5.34. The van der Waals surface area contributed by atoms with E-state index >= 15 is 0 Å². The molecule has 5 heteroatoms. The Morgan fingerprint density at radius 3 is 3.12 bits per heavy atom. The molecule has 0 spiro atoms. The number of nitrogens with zero attached hydrogens (tertiary/aromatic N) is 2. The molecule has 1 unspecified atom stereocenters. The molecule has 3 N–H and O–H groups in total. The van der Waals surface area contributed by atoms with Gasteiger partial charge in [0.25, 0.3) is 0 Å². The molecule has 0 bridgehead atoms. The lowest BCUT2D eigenvalue weighted by molar-refractivity contribution is 0.689. The highest BCUT2D eigenvalue weighted by Gasteiger charge is 2.20. The van der Waals surface area contributed by atoms with E-state index in [9.17, 15) is 0 Å². The van der Waals surface area contributed by atoms with Gasteiger partial charge in [0.2, 0.25) is 0 Å². The van der Waals surface area contributed by atoms with Gasteiger partial charge in [0, 0.05) is 24.1 Å². The van der Waals surface area contributed by atoms with Gasteiger partial charge in [0.1, 0.15) is 17.3 Å². The van der Waals surface area contributed by atoms with Crippen molar-refractivity contribution >= 4 is 23.4 Å².